The van der Waals surface area contributed by atoms with Gasteiger partial charge in [0.05, 0.1) is 13.2 Å². The Morgan fingerprint density at radius 2 is 1.78 bits per heavy atom. The number of hydrogen-bond donors (Lipinski definition) is 1. The molecule has 0 radical (unpaired) electrons. The molecule has 1 N–H and O–H groups in total. The summed E-state index contributed by atoms with van der Waals surface area (Å²) in [5, 5.41) is 14.7. The summed E-state index contributed by atoms with van der Waals surface area (Å²) < 4.78 is 9.89. The Balaban J connectivity index is 1.66. The molecule has 11 nitrogen and oxygen atoms in total. The third-order valence-corrected chi connectivity index (χ3v) is 6.37. The number of aromatic amines is 1. The molecule has 3 heterocycles. The Hall–Kier alpha value is -4.38. The van der Waals surface area contributed by atoms with Crippen LogP contribution in [0.4, 0.5) is 0 Å². The van der Waals surface area contributed by atoms with Gasteiger partial charge < -0.3 is 9.30 Å². The van der Waals surface area contributed by atoms with Gasteiger partial charge in [-0.15, -0.1) is 10.2 Å². The third kappa shape index (κ3) is 4.49. The van der Waals surface area contributed by atoms with Gasteiger partial charge in [-0.05, 0) is 41.3 Å². The van der Waals surface area contributed by atoms with E-state index >= 15 is 0 Å². The van der Waals surface area contributed by atoms with Gasteiger partial charge in [-0.3, -0.25) is 13.9 Å². The lowest BCUT2D eigenvalue weighted by atomic mass is 9.97. The molecule has 0 aliphatic rings. The van der Waals surface area contributed by atoms with Crippen LogP contribution in [-0.4, -0.2) is 53.0 Å². The van der Waals surface area contributed by atoms with E-state index in [9.17, 15) is 9.59 Å². The molecule has 11 heteroatoms. The van der Waals surface area contributed by atoms with Crippen LogP contribution in [0.25, 0.3) is 33.7 Å². The third-order valence-electron chi connectivity index (χ3n) is 6.37. The first-order valence-corrected chi connectivity index (χ1v) is 12.1. The highest BCUT2D eigenvalue weighted by Crippen LogP contribution is 2.31. The summed E-state index contributed by atoms with van der Waals surface area (Å²) in [4.78, 5) is 31.3. The SMILES string of the molecule is CCCn1c(=O)c2c(nc(C)n2Cc2ccc(-c3ccccc3)c(-c3nn[nH]n3)c2)n(CCOC)c1=O. The lowest BCUT2D eigenvalue weighted by molar-refractivity contribution is 0.186. The summed E-state index contributed by atoms with van der Waals surface area (Å²) >= 11 is 0. The second-order valence-electron chi connectivity index (χ2n) is 8.78. The average molecular weight is 501 g/mol. The zero-order valence-corrected chi connectivity index (χ0v) is 21.0. The van der Waals surface area contributed by atoms with Crippen molar-refractivity contribution < 1.29 is 4.74 Å². The fraction of sp³-hybridized carbons (Fsp3) is 0.308. The first kappa shape index (κ1) is 24.3. The minimum atomic E-state index is -0.368. The average Bonchev–Trinajstić information content (AvgIpc) is 3.56. The predicted octanol–water partition coefficient (Wildman–Crippen LogP) is 2.62. The second kappa shape index (κ2) is 10.3. The van der Waals surface area contributed by atoms with Gasteiger partial charge in [0, 0.05) is 25.8 Å². The molecule has 0 atom stereocenters. The van der Waals surface area contributed by atoms with E-state index in [0.29, 0.717) is 55.5 Å². The van der Waals surface area contributed by atoms with E-state index in [1.54, 1.807) is 7.11 Å². The van der Waals surface area contributed by atoms with Gasteiger partial charge in [0.2, 0.25) is 5.82 Å². The van der Waals surface area contributed by atoms with Gasteiger partial charge in [0.1, 0.15) is 5.82 Å². The molecule has 0 spiro atoms. The maximum Gasteiger partial charge on any atom is 0.332 e. The number of nitrogens with one attached hydrogen (secondary N) is 1. The Morgan fingerprint density at radius 3 is 2.49 bits per heavy atom. The zero-order chi connectivity index (χ0) is 25.9. The highest BCUT2D eigenvalue weighted by atomic mass is 16.5. The van der Waals surface area contributed by atoms with Crippen LogP contribution in [0.2, 0.25) is 0 Å². The molecule has 0 fully saturated rings. The minimum absolute atomic E-state index is 0.306. The molecule has 5 rings (SSSR count). The monoisotopic (exact) mass is 500 g/mol. The minimum Gasteiger partial charge on any atom is -0.383 e. The Bertz CT molecular complexity index is 1650. The van der Waals surface area contributed by atoms with Crippen LogP contribution in [0.5, 0.6) is 0 Å². The molecule has 0 saturated heterocycles. The molecule has 5 aromatic rings. The number of nitrogens with zero attached hydrogens (tertiary/aromatic N) is 7. The Kier molecular flexibility index (Phi) is 6.78. The highest BCUT2D eigenvalue weighted by molar-refractivity contribution is 5.81. The van der Waals surface area contributed by atoms with Gasteiger partial charge in [-0.25, -0.2) is 9.78 Å². The van der Waals surface area contributed by atoms with E-state index in [1.807, 2.05) is 66.9 Å². The van der Waals surface area contributed by atoms with Gasteiger partial charge in [-0.2, -0.15) is 5.21 Å². The molecule has 0 aliphatic heterocycles. The molecule has 0 amide bonds. The largest absolute Gasteiger partial charge is 0.383 e. The molecule has 0 saturated carbocycles. The molecule has 2 aromatic carbocycles. The fourth-order valence-electron chi connectivity index (χ4n) is 4.60. The first-order chi connectivity index (χ1) is 18.0. The predicted molar refractivity (Wildman–Crippen MR) is 139 cm³/mol. The maximum absolute atomic E-state index is 13.5. The van der Waals surface area contributed by atoms with Gasteiger partial charge in [0.25, 0.3) is 5.56 Å². The van der Waals surface area contributed by atoms with E-state index in [2.05, 4.69) is 25.6 Å². The molecule has 0 bridgehead atoms. The number of H-pyrrole nitrogens is 1. The van der Waals surface area contributed by atoms with Crippen LogP contribution in [0.3, 0.4) is 0 Å². The highest BCUT2D eigenvalue weighted by Gasteiger charge is 2.21. The van der Waals surface area contributed by atoms with E-state index in [0.717, 1.165) is 22.3 Å². The van der Waals surface area contributed by atoms with Crippen LogP contribution in [0, 0.1) is 6.92 Å². The lowest BCUT2D eigenvalue weighted by Crippen LogP contribution is -2.41. The number of imidazole rings is 1. The topological polar surface area (TPSA) is 126 Å². The van der Waals surface area contributed by atoms with Crippen molar-refractivity contribution in [3.63, 3.8) is 0 Å². The van der Waals surface area contributed by atoms with Crippen LogP contribution >= 0.6 is 0 Å². The number of benzene rings is 2. The van der Waals surface area contributed by atoms with E-state index in [1.165, 1.54) is 9.13 Å². The molecular weight excluding hydrogens is 472 g/mol. The van der Waals surface area contributed by atoms with E-state index < -0.39 is 0 Å². The molecule has 37 heavy (non-hydrogen) atoms. The number of rotatable bonds is 9. The van der Waals surface area contributed by atoms with E-state index in [-0.39, 0.29) is 11.2 Å². The fourth-order valence-corrected chi connectivity index (χ4v) is 4.60. The number of methoxy groups -OCH3 is 1. The summed E-state index contributed by atoms with van der Waals surface area (Å²) in [6.45, 7) is 5.13. The van der Waals surface area contributed by atoms with Crippen molar-refractivity contribution in [2.45, 2.75) is 39.9 Å². The number of fused-ring (bicyclic) bond motifs is 1. The van der Waals surface area contributed by atoms with Crippen molar-refractivity contribution >= 4 is 11.2 Å². The van der Waals surface area contributed by atoms with Gasteiger partial charge in [0.15, 0.2) is 11.2 Å². The van der Waals surface area contributed by atoms with Gasteiger partial charge >= 0.3 is 5.69 Å². The van der Waals surface area contributed by atoms with Crippen molar-refractivity contribution in [2.24, 2.45) is 0 Å². The number of hydrogen-bond acceptors (Lipinski definition) is 7. The number of aromatic nitrogens is 8. The summed E-state index contributed by atoms with van der Waals surface area (Å²) in [5.41, 5.74) is 3.81. The Morgan fingerprint density at radius 1 is 0.973 bits per heavy atom. The Labute approximate surface area is 212 Å². The summed E-state index contributed by atoms with van der Waals surface area (Å²) in [5.74, 6) is 1.12. The van der Waals surface area contributed by atoms with Crippen LogP contribution in [0.1, 0.15) is 24.7 Å². The standard InChI is InChI=1S/C26H28N8O3/c1-4-12-33-25(35)22-24(32(26(33)36)13-14-37-3)27-17(2)34(22)16-18-10-11-20(19-8-6-5-7-9-19)21(15-18)23-28-30-31-29-23/h5-11,15H,4,12-14,16H2,1-3H3,(H,28,29,30,31). The lowest BCUT2D eigenvalue weighted by Gasteiger charge is -2.13. The normalized spacial score (nSPS) is 11.4. The summed E-state index contributed by atoms with van der Waals surface area (Å²) in [6, 6.07) is 16.0. The van der Waals surface area contributed by atoms with Crippen LogP contribution < -0.4 is 11.2 Å². The van der Waals surface area contributed by atoms with Crippen molar-refractivity contribution in [1.82, 2.24) is 39.3 Å². The zero-order valence-electron chi connectivity index (χ0n) is 21.0. The smallest absolute Gasteiger partial charge is 0.332 e. The quantitative estimate of drug-likeness (QED) is 0.330. The van der Waals surface area contributed by atoms with E-state index in [4.69, 9.17) is 4.74 Å². The molecule has 0 unspecified atom stereocenters. The number of tetrazole rings is 1. The van der Waals surface area contributed by atoms with Crippen LogP contribution in [0.15, 0.2) is 58.1 Å². The van der Waals surface area contributed by atoms with Crippen LogP contribution in [-0.2, 0) is 24.4 Å². The summed E-state index contributed by atoms with van der Waals surface area (Å²) in [6.07, 6.45) is 0.660. The van der Waals surface area contributed by atoms with Crippen molar-refractivity contribution in [3.8, 4) is 22.5 Å². The van der Waals surface area contributed by atoms with Crippen molar-refractivity contribution in [3.05, 3.63) is 80.8 Å². The van der Waals surface area contributed by atoms with Crippen molar-refractivity contribution in [1.29, 1.82) is 0 Å². The molecule has 3 aromatic heterocycles. The first-order valence-electron chi connectivity index (χ1n) is 12.1. The summed E-state index contributed by atoms with van der Waals surface area (Å²) in [7, 11) is 1.58. The second-order valence-corrected chi connectivity index (χ2v) is 8.78. The molecule has 190 valence electrons. The maximum atomic E-state index is 13.5. The number of aryl methyl sites for hydroxylation is 1. The molecular formula is C26H28N8O3. The molecule has 0 aliphatic carbocycles. The van der Waals surface area contributed by atoms with Gasteiger partial charge in [-0.1, -0.05) is 49.4 Å². The number of ether oxygens (including phenoxy) is 1. The van der Waals surface area contributed by atoms with Crippen molar-refractivity contribution in [2.75, 3.05) is 13.7 Å².